The molecular formula is C24H19ClN2O5S. The predicted octanol–water partition coefficient (Wildman–Crippen LogP) is 5.18. The van der Waals surface area contributed by atoms with Crippen molar-refractivity contribution >= 4 is 33.3 Å². The number of nitrogens with zero attached hydrogens (tertiary/aromatic N) is 2. The van der Waals surface area contributed by atoms with Crippen LogP contribution in [0.5, 0.6) is 0 Å². The van der Waals surface area contributed by atoms with Gasteiger partial charge in [-0.1, -0.05) is 60.1 Å². The molecule has 0 fully saturated rings. The van der Waals surface area contributed by atoms with Crippen molar-refractivity contribution in [3.05, 3.63) is 102 Å². The van der Waals surface area contributed by atoms with Crippen LogP contribution in [0.4, 0.5) is 5.69 Å². The molecule has 3 aromatic carbocycles. The fourth-order valence-electron chi connectivity index (χ4n) is 3.07. The molecule has 9 heteroatoms. The van der Waals surface area contributed by atoms with E-state index in [4.69, 9.17) is 20.8 Å². The molecule has 0 saturated heterocycles. The lowest BCUT2D eigenvalue weighted by molar-refractivity contribution is 0.0439. The van der Waals surface area contributed by atoms with Gasteiger partial charge in [0.2, 0.25) is 5.89 Å². The summed E-state index contributed by atoms with van der Waals surface area (Å²) in [5.41, 5.74) is 1.25. The van der Waals surface area contributed by atoms with Crippen LogP contribution in [0.15, 0.2) is 94.4 Å². The average Bonchev–Trinajstić information content (AvgIpc) is 3.32. The fourth-order valence-corrected chi connectivity index (χ4v) is 4.49. The lowest BCUT2D eigenvalue weighted by Crippen LogP contribution is -2.26. The van der Waals surface area contributed by atoms with E-state index >= 15 is 0 Å². The Kier molecular flexibility index (Phi) is 6.48. The number of sulfonamides is 1. The topological polar surface area (TPSA) is 89.7 Å². The van der Waals surface area contributed by atoms with E-state index in [9.17, 15) is 13.2 Å². The van der Waals surface area contributed by atoms with Crippen LogP contribution in [0.1, 0.15) is 16.2 Å². The Morgan fingerprint density at radius 1 is 1.03 bits per heavy atom. The highest BCUT2D eigenvalue weighted by atomic mass is 35.5. The smallest absolute Gasteiger partial charge is 0.340 e. The van der Waals surface area contributed by atoms with E-state index in [2.05, 4.69) is 4.98 Å². The number of carbonyl (C=O) groups is 1. The van der Waals surface area contributed by atoms with Crippen molar-refractivity contribution in [2.75, 3.05) is 11.4 Å². The number of para-hydroxylation sites is 1. The molecule has 4 aromatic rings. The third-order valence-corrected chi connectivity index (χ3v) is 6.99. The summed E-state index contributed by atoms with van der Waals surface area (Å²) in [4.78, 5) is 16.7. The van der Waals surface area contributed by atoms with Crippen LogP contribution in [0.3, 0.4) is 0 Å². The number of carbonyl (C=O) groups excluding carboxylic acids is 1. The van der Waals surface area contributed by atoms with E-state index < -0.39 is 16.0 Å². The zero-order valence-electron chi connectivity index (χ0n) is 17.5. The zero-order valence-corrected chi connectivity index (χ0v) is 19.1. The highest BCUT2D eigenvalue weighted by molar-refractivity contribution is 7.92. The van der Waals surface area contributed by atoms with Gasteiger partial charge in [0, 0.05) is 12.6 Å². The summed E-state index contributed by atoms with van der Waals surface area (Å²) < 4.78 is 38.1. The number of halogens is 1. The molecule has 0 atom stereocenters. The van der Waals surface area contributed by atoms with Crippen molar-refractivity contribution in [3.8, 4) is 11.3 Å². The number of hydrogen-bond acceptors (Lipinski definition) is 6. The second-order valence-electron chi connectivity index (χ2n) is 7.01. The van der Waals surface area contributed by atoms with Crippen LogP contribution >= 0.6 is 11.6 Å². The van der Waals surface area contributed by atoms with Gasteiger partial charge >= 0.3 is 5.97 Å². The summed E-state index contributed by atoms with van der Waals surface area (Å²) >= 11 is 6.16. The first-order valence-electron chi connectivity index (χ1n) is 9.87. The number of ether oxygens (including phenoxy) is 1. The van der Waals surface area contributed by atoms with Crippen LogP contribution in [0.2, 0.25) is 5.02 Å². The molecule has 0 unspecified atom stereocenters. The number of hydrogen-bond donors (Lipinski definition) is 0. The molecule has 33 heavy (non-hydrogen) atoms. The van der Waals surface area contributed by atoms with Crippen LogP contribution in [0, 0.1) is 0 Å². The molecule has 1 heterocycles. The monoisotopic (exact) mass is 482 g/mol. The maximum absolute atomic E-state index is 13.0. The van der Waals surface area contributed by atoms with Crippen molar-refractivity contribution in [2.24, 2.45) is 0 Å². The molecule has 0 N–H and O–H groups in total. The lowest BCUT2D eigenvalue weighted by Gasteiger charge is -2.20. The summed E-state index contributed by atoms with van der Waals surface area (Å²) in [5, 5.41) is 0.0682. The van der Waals surface area contributed by atoms with Crippen molar-refractivity contribution in [3.63, 3.8) is 0 Å². The van der Waals surface area contributed by atoms with Gasteiger partial charge in [-0.25, -0.2) is 18.2 Å². The van der Waals surface area contributed by atoms with Gasteiger partial charge in [-0.15, -0.1) is 0 Å². The number of anilines is 1. The normalized spacial score (nSPS) is 11.2. The second-order valence-corrected chi connectivity index (χ2v) is 9.39. The number of aromatic nitrogens is 1. The molecule has 0 saturated carbocycles. The number of benzene rings is 3. The van der Waals surface area contributed by atoms with Gasteiger partial charge in [-0.3, -0.25) is 4.31 Å². The molecule has 168 valence electrons. The minimum Gasteiger partial charge on any atom is -0.452 e. The van der Waals surface area contributed by atoms with Gasteiger partial charge < -0.3 is 9.15 Å². The van der Waals surface area contributed by atoms with E-state index in [1.54, 1.807) is 30.3 Å². The molecule has 0 radical (unpaired) electrons. The molecule has 0 spiro atoms. The van der Waals surface area contributed by atoms with Gasteiger partial charge in [0.05, 0.1) is 27.4 Å². The first kappa shape index (κ1) is 22.6. The summed E-state index contributed by atoms with van der Waals surface area (Å²) in [6.45, 7) is -0.233. The van der Waals surface area contributed by atoms with Crippen molar-refractivity contribution in [2.45, 2.75) is 11.5 Å². The van der Waals surface area contributed by atoms with Crippen LogP contribution in [-0.2, 0) is 21.4 Å². The Hall–Kier alpha value is -3.62. The van der Waals surface area contributed by atoms with E-state index in [1.807, 2.05) is 30.3 Å². The summed E-state index contributed by atoms with van der Waals surface area (Å²) in [5.74, 6) is -0.0542. The fraction of sp³-hybridized carbons (Fsp3) is 0.0833. The second kappa shape index (κ2) is 9.48. The zero-order chi connectivity index (χ0) is 23.4. The minimum absolute atomic E-state index is 0.0682. The van der Waals surface area contributed by atoms with Gasteiger partial charge in [0.1, 0.15) is 0 Å². The van der Waals surface area contributed by atoms with E-state index in [-0.39, 0.29) is 28.0 Å². The summed E-state index contributed by atoms with van der Waals surface area (Å²) in [7, 11) is -2.49. The Morgan fingerprint density at radius 3 is 2.39 bits per heavy atom. The predicted molar refractivity (Wildman–Crippen MR) is 125 cm³/mol. The molecule has 0 aliphatic carbocycles. The standard InChI is InChI=1S/C24H19ClN2O5S/c1-27(18-10-6-3-7-11-18)33(29,30)19-12-13-21(25)20(14-19)24(28)31-16-23-26-15-22(32-23)17-8-4-2-5-9-17/h2-15H,16H2,1H3. The maximum Gasteiger partial charge on any atom is 0.340 e. The van der Waals surface area contributed by atoms with Crippen LogP contribution in [0.25, 0.3) is 11.3 Å². The van der Waals surface area contributed by atoms with Crippen molar-refractivity contribution < 1.29 is 22.4 Å². The summed E-state index contributed by atoms with van der Waals surface area (Å²) in [6.07, 6.45) is 1.54. The number of oxazole rings is 1. The molecular weight excluding hydrogens is 464 g/mol. The van der Waals surface area contributed by atoms with Gasteiger partial charge in [0.15, 0.2) is 12.4 Å². The molecule has 0 amide bonds. The van der Waals surface area contributed by atoms with Gasteiger partial charge in [0.25, 0.3) is 10.0 Å². The maximum atomic E-state index is 13.0. The molecule has 0 bridgehead atoms. The quantitative estimate of drug-likeness (QED) is 0.337. The first-order valence-corrected chi connectivity index (χ1v) is 11.7. The van der Waals surface area contributed by atoms with Crippen molar-refractivity contribution in [1.29, 1.82) is 0 Å². The Labute approximate surface area is 196 Å². The first-order chi connectivity index (χ1) is 15.9. The third-order valence-electron chi connectivity index (χ3n) is 4.87. The highest BCUT2D eigenvalue weighted by Gasteiger charge is 2.24. The van der Waals surface area contributed by atoms with E-state index in [1.165, 1.54) is 31.4 Å². The van der Waals surface area contributed by atoms with Crippen molar-refractivity contribution in [1.82, 2.24) is 4.98 Å². The number of rotatable bonds is 7. The average molecular weight is 483 g/mol. The lowest BCUT2D eigenvalue weighted by atomic mass is 10.2. The Bertz CT molecular complexity index is 1370. The van der Waals surface area contributed by atoms with Crippen LogP contribution in [-0.4, -0.2) is 26.4 Å². The van der Waals surface area contributed by atoms with Gasteiger partial charge in [-0.05, 0) is 30.3 Å². The molecule has 0 aliphatic heterocycles. The number of esters is 1. The summed E-state index contributed by atoms with van der Waals surface area (Å²) in [6, 6.07) is 21.9. The largest absolute Gasteiger partial charge is 0.452 e. The van der Waals surface area contributed by atoms with E-state index in [0.29, 0.717) is 11.4 Å². The minimum atomic E-state index is -3.92. The molecule has 0 aliphatic rings. The van der Waals surface area contributed by atoms with E-state index in [0.717, 1.165) is 9.87 Å². The SMILES string of the molecule is CN(c1ccccc1)S(=O)(=O)c1ccc(Cl)c(C(=O)OCc2ncc(-c3ccccc3)o2)c1. The third kappa shape index (κ3) is 4.92. The molecule has 1 aromatic heterocycles. The molecule has 4 rings (SSSR count). The van der Waals surface area contributed by atoms with Gasteiger partial charge in [-0.2, -0.15) is 0 Å². The highest BCUT2D eigenvalue weighted by Crippen LogP contribution is 2.26. The molecule has 7 nitrogen and oxygen atoms in total. The van der Waals surface area contributed by atoms with Crippen LogP contribution < -0.4 is 4.31 Å². The Balaban J connectivity index is 1.51. The Morgan fingerprint density at radius 2 is 1.70 bits per heavy atom.